The number of nitrogens with zero attached hydrogens (tertiary/aromatic N) is 4. The van der Waals surface area contributed by atoms with Crippen molar-refractivity contribution in [2.75, 3.05) is 50.7 Å². The monoisotopic (exact) mass is 318 g/mol. The van der Waals surface area contributed by atoms with Gasteiger partial charge >= 0.3 is 0 Å². The fourth-order valence-electron chi connectivity index (χ4n) is 3.05. The van der Waals surface area contributed by atoms with Crippen LogP contribution in [0.25, 0.3) is 0 Å². The van der Waals surface area contributed by atoms with Crippen molar-refractivity contribution in [2.24, 2.45) is 0 Å². The van der Waals surface area contributed by atoms with Crippen LogP contribution in [-0.4, -0.2) is 66.5 Å². The maximum Gasteiger partial charge on any atom is 0.254 e. The van der Waals surface area contributed by atoms with Crippen LogP contribution < -0.4 is 4.90 Å². The molecule has 5 heteroatoms. The van der Waals surface area contributed by atoms with Crippen LogP contribution in [0.3, 0.4) is 0 Å². The molecule has 2 heterocycles. The Morgan fingerprint density at radius 1 is 1.13 bits per heavy atom. The number of carbonyl (C=O) groups is 1. The third-order valence-corrected chi connectivity index (χ3v) is 4.41. The zero-order chi connectivity index (χ0) is 16.7. The second kappa shape index (κ2) is 8.87. The highest BCUT2D eigenvalue weighted by Crippen LogP contribution is 2.16. The van der Waals surface area contributed by atoms with Gasteiger partial charge in [-0.25, -0.2) is 4.98 Å². The zero-order valence-electron chi connectivity index (χ0n) is 14.8. The number of hydrogen-bond donors (Lipinski definition) is 0. The third-order valence-electron chi connectivity index (χ3n) is 4.41. The van der Waals surface area contributed by atoms with Crippen LogP contribution in [0.1, 0.15) is 44.0 Å². The van der Waals surface area contributed by atoms with Gasteiger partial charge in [0.1, 0.15) is 5.82 Å². The number of carbonyl (C=O) groups excluding carboxylic acids is 1. The van der Waals surface area contributed by atoms with Crippen LogP contribution in [0.5, 0.6) is 0 Å². The van der Waals surface area contributed by atoms with Crippen molar-refractivity contribution in [3.8, 4) is 0 Å². The van der Waals surface area contributed by atoms with Gasteiger partial charge in [0.15, 0.2) is 0 Å². The molecule has 2 rings (SSSR count). The van der Waals surface area contributed by atoms with E-state index in [1.54, 1.807) is 6.20 Å². The van der Waals surface area contributed by atoms with Gasteiger partial charge in [-0.1, -0.05) is 20.8 Å². The fourth-order valence-corrected chi connectivity index (χ4v) is 3.05. The summed E-state index contributed by atoms with van der Waals surface area (Å²) in [5, 5.41) is 0. The lowest BCUT2D eigenvalue weighted by Gasteiger charge is -2.35. The van der Waals surface area contributed by atoms with E-state index in [2.05, 4.69) is 35.6 Å². The summed E-state index contributed by atoms with van der Waals surface area (Å²) >= 11 is 0. The van der Waals surface area contributed by atoms with Crippen LogP contribution in [-0.2, 0) is 0 Å². The van der Waals surface area contributed by atoms with Gasteiger partial charge in [0, 0.05) is 51.0 Å². The number of likely N-dealkylation sites (N-methyl/N-ethyl adjacent to an activating group) is 1. The Hall–Kier alpha value is -1.62. The molecule has 0 spiro atoms. The molecule has 1 saturated heterocycles. The van der Waals surface area contributed by atoms with Gasteiger partial charge in [-0.2, -0.15) is 0 Å². The van der Waals surface area contributed by atoms with E-state index in [1.165, 1.54) is 0 Å². The lowest BCUT2D eigenvalue weighted by Crippen LogP contribution is -2.46. The summed E-state index contributed by atoms with van der Waals surface area (Å²) in [7, 11) is 0. The number of pyridine rings is 1. The first-order valence-corrected chi connectivity index (χ1v) is 8.92. The van der Waals surface area contributed by atoms with E-state index in [1.807, 2.05) is 17.0 Å². The van der Waals surface area contributed by atoms with E-state index in [9.17, 15) is 4.79 Å². The smallest absolute Gasteiger partial charge is 0.254 e. The predicted molar refractivity (Wildman–Crippen MR) is 95.0 cm³/mol. The Morgan fingerprint density at radius 2 is 1.78 bits per heavy atom. The summed E-state index contributed by atoms with van der Waals surface area (Å²) in [5.74, 6) is 1.06. The lowest BCUT2D eigenvalue weighted by atomic mass is 10.2. The molecule has 0 bridgehead atoms. The number of hydrogen-bond acceptors (Lipinski definition) is 4. The van der Waals surface area contributed by atoms with Crippen LogP contribution in [0.4, 0.5) is 5.82 Å². The summed E-state index contributed by atoms with van der Waals surface area (Å²) in [6.07, 6.45) is 3.75. The molecular weight excluding hydrogens is 288 g/mol. The Balaban J connectivity index is 2.08. The highest BCUT2D eigenvalue weighted by molar-refractivity contribution is 5.94. The molecule has 1 aliphatic rings. The van der Waals surface area contributed by atoms with Crippen molar-refractivity contribution in [3.63, 3.8) is 0 Å². The maximum absolute atomic E-state index is 12.7. The van der Waals surface area contributed by atoms with Crippen molar-refractivity contribution in [1.29, 1.82) is 0 Å². The second-order valence-electron chi connectivity index (χ2n) is 6.12. The van der Waals surface area contributed by atoms with E-state index in [4.69, 9.17) is 0 Å². The maximum atomic E-state index is 12.7. The SMILES string of the molecule is CCCN(CCC)C(=O)c1ccnc(N2CCN(CC)CC2)c1. The van der Waals surface area contributed by atoms with Crippen LogP contribution >= 0.6 is 0 Å². The normalized spacial score (nSPS) is 15.7. The third kappa shape index (κ3) is 4.67. The molecular formula is C18H30N4O. The minimum Gasteiger partial charge on any atom is -0.354 e. The first-order valence-electron chi connectivity index (χ1n) is 8.92. The van der Waals surface area contributed by atoms with Crippen molar-refractivity contribution >= 4 is 11.7 Å². The van der Waals surface area contributed by atoms with Gasteiger partial charge < -0.3 is 14.7 Å². The molecule has 0 aromatic carbocycles. The number of amides is 1. The van der Waals surface area contributed by atoms with Crippen molar-refractivity contribution in [2.45, 2.75) is 33.6 Å². The molecule has 1 fully saturated rings. The molecule has 0 atom stereocenters. The largest absolute Gasteiger partial charge is 0.354 e. The summed E-state index contributed by atoms with van der Waals surface area (Å²) in [4.78, 5) is 23.9. The molecule has 1 aliphatic heterocycles. The van der Waals surface area contributed by atoms with Gasteiger partial charge in [0.25, 0.3) is 5.91 Å². The fraction of sp³-hybridized carbons (Fsp3) is 0.667. The summed E-state index contributed by atoms with van der Waals surface area (Å²) in [5.41, 5.74) is 0.759. The Kier molecular flexibility index (Phi) is 6.84. The van der Waals surface area contributed by atoms with Gasteiger partial charge in [-0.3, -0.25) is 4.79 Å². The first-order chi connectivity index (χ1) is 11.2. The molecule has 0 radical (unpaired) electrons. The number of rotatable bonds is 7. The molecule has 23 heavy (non-hydrogen) atoms. The van der Waals surface area contributed by atoms with Crippen molar-refractivity contribution in [3.05, 3.63) is 23.9 Å². The lowest BCUT2D eigenvalue weighted by molar-refractivity contribution is 0.0755. The van der Waals surface area contributed by atoms with E-state index < -0.39 is 0 Å². The molecule has 0 unspecified atom stereocenters. The summed E-state index contributed by atoms with van der Waals surface area (Å²) in [6.45, 7) is 13.2. The van der Waals surface area contributed by atoms with E-state index in [0.717, 1.165) is 70.0 Å². The van der Waals surface area contributed by atoms with Crippen LogP contribution in [0.15, 0.2) is 18.3 Å². The van der Waals surface area contributed by atoms with Crippen molar-refractivity contribution < 1.29 is 4.79 Å². The number of aromatic nitrogens is 1. The van der Waals surface area contributed by atoms with Gasteiger partial charge in [0.2, 0.25) is 0 Å². The zero-order valence-corrected chi connectivity index (χ0v) is 14.8. The quantitative estimate of drug-likeness (QED) is 0.774. The minimum atomic E-state index is 0.129. The Morgan fingerprint density at radius 3 is 2.35 bits per heavy atom. The van der Waals surface area contributed by atoms with Crippen LogP contribution in [0, 0.1) is 0 Å². The molecule has 1 amide bonds. The Bertz CT molecular complexity index is 492. The number of piperazine rings is 1. The van der Waals surface area contributed by atoms with Gasteiger partial charge in [-0.15, -0.1) is 0 Å². The average molecular weight is 318 g/mol. The van der Waals surface area contributed by atoms with Crippen LogP contribution in [0.2, 0.25) is 0 Å². The molecule has 1 aromatic heterocycles. The molecule has 0 aliphatic carbocycles. The second-order valence-corrected chi connectivity index (χ2v) is 6.12. The first kappa shape index (κ1) is 17.7. The topological polar surface area (TPSA) is 39.7 Å². The molecule has 0 N–H and O–H groups in total. The highest BCUT2D eigenvalue weighted by Gasteiger charge is 2.19. The summed E-state index contributed by atoms with van der Waals surface area (Å²) in [6, 6.07) is 3.80. The standard InChI is InChI=1S/C18H30N4O/c1-4-9-22(10-5-2)18(23)16-7-8-19-17(15-16)21-13-11-20(6-3)12-14-21/h7-8,15H,4-6,9-14H2,1-3H3. The van der Waals surface area contributed by atoms with Gasteiger partial charge in [0.05, 0.1) is 0 Å². The molecule has 128 valence electrons. The molecule has 0 saturated carbocycles. The molecule has 5 nitrogen and oxygen atoms in total. The highest BCUT2D eigenvalue weighted by atomic mass is 16.2. The van der Waals surface area contributed by atoms with E-state index in [-0.39, 0.29) is 5.91 Å². The van der Waals surface area contributed by atoms with Gasteiger partial charge in [-0.05, 0) is 31.5 Å². The van der Waals surface area contributed by atoms with E-state index in [0.29, 0.717) is 0 Å². The van der Waals surface area contributed by atoms with E-state index >= 15 is 0 Å². The Labute approximate surface area is 140 Å². The molecule has 1 aromatic rings. The summed E-state index contributed by atoms with van der Waals surface area (Å²) < 4.78 is 0. The predicted octanol–water partition coefficient (Wildman–Crippen LogP) is 2.49. The average Bonchev–Trinajstić information content (AvgIpc) is 2.61. The van der Waals surface area contributed by atoms with Crippen molar-refractivity contribution in [1.82, 2.24) is 14.8 Å². The minimum absolute atomic E-state index is 0.129. The number of anilines is 1.